The zero-order valence-corrected chi connectivity index (χ0v) is 14.5. The van der Waals surface area contributed by atoms with Gasteiger partial charge < -0.3 is 15.0 Å². The number of nitrogens with one attached hydrogen (secondary N) is 1. The van der Waals surface area contributed by atoms with Gasteiger partial charge in [0.05, 0.1) is 6.61 Å². The van der Waals surface area contributed by atoms with E-state index < -0.39 is 0 Å². The first-order valence-corrected chi connectivity index (χ1v) is 8.80. The highest BCUT2D eigenvalue weighted by Gasteiger charge is 2.14. The molecule has 0 aliphatic carbocycles. The van der Waals surface area contributed by atoms with Gasteiger partial charge in [0.15, 0.2) is 5.13 Å². The van der Waals surface area contributed by atoms with E-state index >= 15 is 0 Å². The van der Waals surface area contributed by atoms with E-state index in [2.05, 4.69) is 46.7 Å². The van der Waals surface area contributed by atoms with Crippen molar-refractivity contribution in [1.29, 1.82) is 0 Å². The summed E-state index contributed by atoms with van der Waals surface area (Å²) in [6.07, 6.45) is 3.03. The minimum atomic E-state index is 0.448. The predicted molar refractivity (Wildman–Crippen MR) is 91.6 cm³/mol. The number of nitrogens with zero attached hydrogens (tertiary/aromatic N) is 2. The van der Waals surface area contributed by atoms with Gasteiger partial charge in [-0.15, -0.1) is 22.7 Å². The number of ether oxygens (including phenoxy) is 1. The zero-order valence-electron chi connectivity index (χ0n) is 12.8. The number of aromatic nitrogens is 1. The molecule has 1 atom stereocenters. The summed E-state index contributed by atoms with van der Waals surface area (Å²) in [5.74, 6) is 0. The Bertz CT molecular complexity index is 513. The monoisotopic (exact) mass is 325 g/mol. The maximum Gasteiger partial charge on any atom is 0.185 e. The maximum absolute atomic E-state index is 5.02. The molecule has 0 aromatic carbocycles. The first-order valence-electron chi connectivity index (χ1n) is 7.10. The van der Waals surface area contributed by atoms with Gasteiger partial charge in [-0.25, -0.2) is 4.98 Å². The molecule has 0 saturated carbocycles. The fraction of sp³-hybridized carbons (Fsp3) is 0.533. The van der Waals surface area contributed by atoms with Crippen molar-refractivity contribution in [2.75, 3.05) is 32.2 Å². The molecular formula is C15H23N3OS2. The Morgan fingerprint density at radius 2 is 2.29 bits per heavy atom. The summed E-state index contributed by atoms with van der Waals surface area (Å²) in [7, 11) is 3.84. The summed E-state index contributed by atoms with van der Waals surface area (Å²) in [5, 5.41) is 6.57. The van der Waals surface area contributed by atoms with Crippen LogP contribution in [0, 0.1) is 0 Å². The summed E-state index contributed by atoms with van der Waals surface area (Å²) in [6, 6.07) is 4.76. The molecule has 4 nitrogen and oxygen atoms in total. The zero-order chi connectivity index (χ0) is 15.1. The lowest BCUT2D eigenvalue weighted by Crippen LogP contribution is -2.30. The molecule has 116 valence electrons. The second-order valence-corrected chi connectivity index (χ2v) is 7.15. The molecule has 2 heterocycles. The van der Waals surface area contributed by atoms with Gasteiger partial charge in [0.2, 0.25) is 0 Å². The van der Waals surface area contributed by atoms with Gasteiger partial charge in [0.1, 0.15) is 0 Å². The minimum absolute atomic E-state index is 0.448. The van der Waals surface area contributed by atoms with Crippen molar-refractivity contribution < 1.29 is 4.74 Å². The Labute approximate surface area is 134 Å². The molecule has 6 heteroatoms. The van der Waals surface area contributed by atoms with Gasteiger partial charge in [-0.05, 0) is 18.4 Å². The number of methoxy groups -OCH3 is 1. The third kappa shape index (κ3) is 5.07. The summed E-state index contributed by atoms with van der Waals surface area (Å²) >= 11 is 3.57. The van der Waals surface area contributed by atoms with Crippen molar-refractivity contribution in [3.63, 3.8) is 0 Å². The van der Waals surface area contributed by atoms with E-state index in [9.17, 15) is 0 Å². The van der Waals surface area contributed by atoms with Crippen LogP contribution in [-0.4, -0.2) is 38.3 Å². The van der Waals surface area contributed by atoms with Crippen LogP contribution in [0.15, 0.2) is 23.7 Å². The number of anilines is 1. The highest BCUT2D eigenvalue weighted by atomic mass is 32.1. The number of hydrogen-bond donors (Lipinski definition) is 1. The quantitative estimate of drug-likeness (QED) is 0.719. The molecule has 0 saturated heterocycles. The van der Waals surface area contributed by atoms with Crippen LogP contribution < -0.4 is 10.2 Å². The average molecular weight is 326 g/mol. The van der Waals surface area contributed by atoms with Gasteiger partial charge >= 0.3 is 0 Å². The number of thiazole rings is 1. The predicted octanol–water partition coefficient (Wildman–Crippen LogP) is 3.01. The van der Waals surface area contributed by atoms with Gasteiger partial charge in [0, 0.05) is 55.7 Å². The van der Waals surface area contributed by atoms with Gasteiger partial charge in [-0.3, -0.25) is 0 Å². The van der Waals surface area contributed by atoms with E-state index in [1.54, 1.807) is 18.4 Å². The molecule has 21 heavy (non-hydrogen) atoms. The van der Waals surface area contributed by atoms with Crippen LogP contribution in [0.1, 0.15) is 16.7 Å². The van der Waals surface area contributed by atoms with E-state index in [0.717, 1.165) is 31.2 Å². The third-order valence-electron chi connectivity index (χ3n) is 3.36. The molecule has 2 aromatic rings. The molecule has 0 radical (unpaired) electrons. The van der Waals surface area contributed by atoms with Crippen LogP contribution in [0.2, 0.25) is 0 Å². The van der Waals surface area contributed by atoms with E-state index in [1.807, 2.05) is 17.5 Å². The fourth-order valence-electron chi connectivity index (χ4n) is 1.97. The van der Waals surface area contributed by atoms with Crippen LogP contribution in [0.5, 0.6) is 0 Å². The van der Waals surface area contributed by atoms with Crippen molar-refractivity contribution in [3.8, 4) is 0 Å². The lowest BCUT2D eigenvalue weighted by Gasteiger charge is -2.23. The van der Waals surface area contributed by atoms with Crippen molar-refractivity contribution in [1.82, 2.24) is 10.3 Å². The molecule has 0 aliphatic heterocycles. The first-order chi connectivity index (χ1) is 10.2. The largest absolute Gasteiger partial charge is 0.383 e. The average Bonchev–Trinajstić information content (AvgIpc) is 3.14. The second-order valence-electron chi connectivity index (χ2n) is 5.02. The lowest BCUT2D eigenvalue weighted by molar-refractivity contribution is 0.199. The van der Waals surface area contributed by atoms with Crippen molar-refractivity contribution in [3.05, 3.63) is 33.5 Å². The Balaban J connectivity index is 1.84. The topological polar surface area (TPSA) is 37.4 Å². The molecule has 0 fully saturated rings. The maximum atomic E-state index is 5.02. The van der Waals surface area contributed by atoms with Crippen LogP contribution >= 0.6 is 22.7 Å². The third-order valence-corrected chi connectivity index (χ3v) is 5.35. The van der Waals surface area contributed by atoms with E-state index in [-0.39, 0.29) is 0 Å². The summed E-state index contributed by atoms with van der Waals surface area (Å²) in [6.45, 7) is 4.71. The Hall–Kier alpha value is -0.950. The summed E-state index contributed by atoms with van der Waals surface area (Å²) in [5.41, 5.74) is 0. The second kappa shape index (κ2) is 8.48. The van der Waals surface area contributed by atoms with E-state index in [1.165, 1.54) is 9.75 Å². The number of likely N-dealkylation sites (N-methyl/N-ethyl adjacent to an activating group) is 1. The SMILES string of the molecule is COCCNCc1cnc(N(C)C(C)Cc2cccs2)s1. The van der Waals surface area contributed by atoms with Crippen LogP contribution in [-0.2, 0) is 17.7 Å². The molecule has 1 unspecified atom stereocenters. The van der Waals surface area contributed by atoms with Crippen LogP contribution in [0.25, 0.3) is 0 Å². The Morgan fingerprint density at radius 3 is 3.00 bits per heavy atom. The standard InChI is InChI=1S/C15H23N3OS2/c1-12(9-13-5-4-8-20-13)18(2)15-17-11-14(21-15)10-16-6-7-19-3/h4-5,8,11-12,16H,6-7,9-10H2,1-3H3. The lowest BCUT2D eigenvalue weighted by atomic mass is 10.2. The molecule has 0 bridgehead atoms. The van der Waals surface area contributed by atoms with Crippen molar-refractivity contribution >= 4 is 27.8 Å². The normalized spacial score (nSPS) is 12.5. The fourth-order valence-corrected chi connectivity index (χ4v) is 3.74. The van der Waals surface area contributed by atoms with Crippen LogP contribution in [0.4, 0.5) is 5.13 Å². The van der Waals surface area contributed by atoms with Gasteiger partial charge in [-0.2, -0.15) is 0 Å². The number of thiophene rings is 1. The van der Waals surface area contributed by atoms with Crippen molar-refractivity contribution in [2.24, 2.45) is 0 Å². The van der Waals surface area contributed by atoms with E-state index in [0.29, 0.717) is 6.04 Å². The minimum Gasteiger partial charge on any atom is -0.383 e. The molecule has 0 spiro atoms. The molecule has 2 aromatic heterocycles. The van der Waals surface area contributed by atoms with Crippen LogP contribution in [0.3, 0.4) is 0 Å². The Kier molecular flexibility index (Phi) is 6.63. The highest BCUT2D eigenvalue weighted by molar-refractivity contribution is 7.15. The summed E-state index contributed by atoms with van der Waals surface area (Å²) in [4.78, 5) is 9.49. The molecule has 2 rings (SSSR count). The number of hydrogen-bond acceptors (Lipinski definition) is 6. The Morgan fingerprint density at radius 1 is 1.43 bits per heavy atom. The highest BCUT2D eigenvalue weighted by Crippen LogP contribution is 2.24. The number of rotatable bonds is 9. The summed E-state index contributed by atoms with van der Waals surface area (Å²) < 4.78 is 5.02. The molecule has 1 N–H and O–H groups in total. The van der Waals surface area contributed by atoms with E-state index in [4.69, 9.17) is 4.74 Å². The first kappa shape index (κ1) is 16.4. The smallest absolute Gasteiger partial charge is 0.185 e. The molecule has 0 amide bonds. The van der Waals surface area contributed by atoms with Gasteiger partial charge in [0.25, 0.3) is 0 Å². The van der Waals surface area contributed by atoms with Gasteiger partial charge in [-0.1, -0.05) is 6.07 Å². The molecular weight excluding hydrogens is 302 g/mol. The van der Waals surface area contributed by atoms with Crippen molar-refractivity contribution in [2.45, 2.75) is 25.9 Å². The molecule has 0 aliphatic rings.